The van der Waals surface area contributed by atoms with Crippen LogP contribution in [0.25, 0.3) is 0 Å². The van der Waals surface area contributed by atoms with Crippen LogP contribution in [0.5, 0.6) is 0 Å². The molecule has 28 heavy (non-hydrogen) atoms. The molecule has 1 amide bonds. The predicted molar refractivity (Wildman–Crippen MR) is 99.7 cm³/mol. The van der Waals surface area contributed by atoms with Gasteiger partial charge in [-0.05, 0) is 50.8 Å². The van der Waals surface area contributed by atoms with Gasteiger partial charge in [-0.1, -0.05) is 11.3 Å². The molecule has 0 N–H and O–H groups in total. The van der Waals surface area contributed by atoms with E-state index in [1.54, 1.807) is 10.9 Å². The number of likely N-dealkylation sites (tertiary alicyclic amines) is 2. The van der Waals surface area contributed by atoms with E-state index in [0.29, 0.717) is 12.2 Å². The fourth-order valence-electron chi connectivity index (χ4n) is 4.11. The minimum absolute atomic E-state index is 0.0407. The van der Waals surface area contributed by atoms with Crippen LogP contribution in [0.2, 0.25) is 0 Å². The normalized spacial score (nSPS) is 21.1. The fourth-order valence-corrected chi connectivity index (χ4v) is 4.11. The molecule has 2 aliphatic rings. The molecule has 3 heterocycles. The summed E-state index contributed by atoms with van der Waals surface area (Å²) in [5, 5.41) is 8.26. The fraction of sp³-hybridized carbons (Fsp3) is 0.550. The second-order valence-corrected chi connectivity index (χ2v) is 7.67. The second kappa shape index (κ2) is 8.34. The number of rotatable bonds is 4. The van der Waals surface area contributed by atoms with E-state index in [1.807, 2.05) is 9.80 Å². The van der Waals surface area contributed by atoms with Crippen molar-refractivity contribution < 1.29 is 13.6 Å². The third-order valence-electron chi connectivity index (χ3n) is 5.67. The number of carbonyl (C=O) groups excluding carboxylic acids is 1. The van der Waals surface area contributed by atoms with E-state index >= 15 is 0 Å². The molecule has 4 rings (SSSR count). The van der Waals surface area contributed by atoms with Crippen molar-refractivity contribution in [3.63, 3.8) is 0 Å². The molecule has 1 aromatic carbocycles. The van der Waals surface area contributed by atoms with E-state index in [9.17, 15) is 13.6 Å². The van der Waals surface area contributed by atoms with E-state index < -0.39 is 11.6 Å². The van der Waals surface area contributed by atoms with Crippen LogP contribution in [-0.4, -0.2) is 56.9 Å². The van der Waals surface area contributed by atoms with Crippen LogP contribution in [0, 0.1) is 11.6 Å². The summed E-state index contributed by atoms with van der Waals surface area (Å²) in [6.45, 7) is 3.17. The smallest absolute Gasteiger partial charge is 0.276 e. The lowest BCUT2D eigenvalue weighted by molar-refractivity contribution is 0.0718. The van der Waals surface area contributed by atoms with Gasteiger partial charge in [0, 0.05) is 31.7 Å². The van der Waals surface area contributed by atoms with E-state index in [0.717, 1.165) is 51.7 Å². The molecule has 0 radical (unpaired) electrons. The summed E-state index contributed by atoms with van der Waals surface area (Å²) in [5.74, 6) is -1.10. The zero-order valence-electron chi connectivity index (χ0n) is 15.9. The number of benzene rings is 1. The van der Waals surface area contributed by atoms with Crippen molar-refractivity contribution >= 4 is 5.91 Å². The minimum atomic E-state index is -0.516. The highest BCUT2D eigenvalue weighted by molar-refractivity contribution is 5.91. The van der Waals surface area contributed by atoms with Crippen LogP contribution in [-0.2, 0) is 6.54 Å². The number of hydrogen-bond acceptors (Lipinski definition) is 4. The summed E-state index contributed by atoms with van der Waals surface area (Å²) in [7, 11) is 0. The van der Waals surface area contributed by atoms with Crippen LogP contribution in [0.4, 0.5) is 8.78 Å². The molecule has 0 spiro atoms. The molecular weight excluding hydrogens is 364 g/mol. The monoisotopic (exact) mass is 389 g/mol. The first-order valence-corrected chi connectivity index (χ1v) is 9.98. The van der Waals surface area contributed by atoms with Gasteiger partial charge in [0.05, 0.1) is 12.2 Å². The first kappa shape index (κ1) is 19.0. The third-order valence-corrected chi connectivity index (χ3v) is 5.67. The summed E-state index contributed by atoms with van der Waals surface area (Å²) in [6, 6.07) is 3.99. The summed E-state index contributed by atoms with van der Waals surface area (Å²) in [4.78, 5) is 16.5. The zero-order valence-corrected chi connectivity index (χ0v) is 15.9. The molecule has 0 aliphatic carbocycles. The Morgan fingerprint density at radius 2 is 1.82 bits per heavy atom. The largest absolute Gasteiger partial charge is 0.337 e. The molecule has 2 aromatic rings. The van der Waals surface area contributed by atoms with Gasteiger partial charge in [-0.3, -0.25) is 9.69 Å². The van der Waals surface area contributed by atoms with Crippen LogP contribution in [0.15, 0.2) is 24.4 Å². The van der Waals surface area contributed by atoms with Crippen LogP contribution in [0.1, 0.15) is 54.2 Å². The number of hydrogen-bond donors (Lipinski definition) is 0. The van der Waals surface area contributed by atoms with E-state index in [2.05, 4.69) is 10.3 Å². The number of aromatic nitrogens is 3. The highest BCUT2D eigenvalue weighted by Crippen LogP contribution is 2.24. The van der Waals surface area contributed by atoms with Crippen molar-refractivity contribution in [1.82, 2.24) is 24.8 Å². The maximum absolute atomic E-state index is 14.0. The Bertz CT molecular complexity index is 814. The number of halogens is 2. The van der Waals surface area contributed by atoms with Crippen molar-refractivity contribution in [3.8, 4) is 0 Å². The standard InChI is InChI=1S/C20H25F2N5O/c21-17-7-4-8-18(22)16(17)13-25-9-5-6-15(12-25)27-14-19(23-24-27)20(28)26-10-2-1-3-11-26/h4,7-8,14-15H,1-3,5-6,9-13H2. The van der Waals surface area contributed by atoms with Gasteiger partial charge in [0.1, 0.15) is 11.6 Å². The first-order valence-electron chi connectivity index (χ1n) is 9.98. The van der Waals surface area contributed by atoms with Crippen LogP contribution in [0.3, 0.4) is 0 Å². The van der Waals surface area contributed by atoms with Gasteiger partial charge in [-0.25, -0.2) is 13.5 Å². The Kier molecular flexibility index (Phi) is 5.66. The SMILES string of the molecule is O=C(c1cn(C2CCCN(Cc3c(F)cccc3F)C2)nn1)N1CCCCC1. The van der Waals surface area contributed by atoms with Crippen molar-refractivity contribution in [1.29, 1.82) is 0 Å². The van der Waals surface area contributed by atoms with Gasteiger partial charge in [0.15, 0.2) is 5.69 Å². The molecule has 1 aromatic heterocycles. The summed E-state index contributed by atoms with van der Waals surface area (Å²) in [6.07, 6.45) is 6.74. The molecule has 150 valence electrons. The lowest BCUT2D eigenvalue weighted by Crippen LogP contribution is -2.37. The Balaban J connectivity index is 1.42. The average molecular weight is 389 g/mol. The summed E-state index contributed by atoms with van der Waals surface area (Å²) < 4.78 is 29.7. The first-order chi connectivity index (χ1) is 13.6. The molecule has 2 saturated heterocycles. The third kappa shape index (κ3) is 4.06. The van der Waals surface area contributed by atoms with Gasteiger partial charge in [-0.2, -0.15) is 0 Å². The lowest BCUT2D eigenvalue weighted by Gasteiger charge is -2.32. The summed E-state index contributed by atoms with van der Waals surface area (Å²) >= 11 is 0. The number of carbonyl (C=O) groups is 1. The molecule has 1 atom stereocenters. The van der Waals surface area contributed by atoms with Crippen molar-refractivity contribution in [2.24, 2.45) is 0 Å². The lowest BCUT2D eigenvalue weighted by atomic mass is 10.0. The van der Waals surface area contributed by atoms with Crippen molar-refractivity contribution in [2.45, 2.75) is 44.7 Å². The highest BCUT2D eigenvalue weighted by atomic mass is 19.1. The minimum Gasteiger partial charge on any atom is -0.337 e. The van der Waals surface area contributed by atoms with Gasteiger partial charge < -0.3 is 4.90 Å². The van der Waals surface area contributed by atoms with Gasteiger partial charge in [0.2, 0.25) is 0 Å². The number of piperidine rings is 2. The van der Waals surface area contributed by atoms with Crippen LogP contribution >= 0.6 is 0 Å². The molecule has 2 fully saturated rings. The van der Waals surface area contributed by atoms with Crippen LogP contribution < -0.4 is 0 Å². The zero-order chi connectivity index (χ0) is 19.5. The van der Waals surface area contributed by atoms with Gasteiger partial charge in [-0.15, -0.1) is 5.10 Å². The number of nitrogens with zero attached hydrogens (tertiary/aromatic N) is 5. The Labute approximate surface area is 163 Å². The molecule has 8 heteroatoms. The summed E-state index contributed by atoms with van der Waals surface area (Å²) in [5.41, 5.74) is 0.474. The Morgan fingerprint density at radius 1 is 1.07 bits per heavy atom. The second-order valence-electron chi connectivity index (χ2n) is 7.67. The Hall–Kier alpha value is -2.35. The van der Waals surface area contributed by atoms with Crippen molar-refractivity contribution in [2.75, 3.05) is 26.2 Å². The maximum atomic E-state index is 14.0. The molecule has 1 unspecified atom stereocenters. The Morgan fingerprint density at radius 3 is 2.57 bits per heavy atom. The quantitative estimate of drug-likeness (QED) is 0.807. The molecular formula is C20H25F2N5O. The van der Waals surface area contributed by atoms with E-state index in [1.165, 1.54) is 18.2 Å². The van der Waals surface area contributed by atoms with E-state index in [-0.39, 0.29) is 24.1 Å². The number of amides is 1. The van der Waals surface area contributed by atoms with E-state index in [4.69, 9.17) is 0 Å². The highest BCUT2D eigenvalue weighted by Gasteiger charge is 2.26. The topological polar surface area (TPSA) is 54.3 Å². The predicted octanol–water partition coefficient (Wildman–Crippen LogP) is 3.02. The average Bonchev–Trinajstić information content (AvgIpc) is 3.21. The molecule has 0 bridgehead atoms. The molecule has 0 saturated carbocycles. The van der Waals surface area contributed by atoms with Crippen molar-refractivity contribution in [3.05, 3.63) is 47.3 Å². The van der Waals surface area contributed by atoms with Gasteiger partial charge in [0.25, 0.3) is 5.91 Å². The molecule has 2 aliphatic heterocycles. The maximum Gasteiger partial charge on any atom is 0.276 e. The molecule has 6 nitrogen and oxygen atoms in total. The van der Waals surface area contributed by atoms with Gasteiger partial charge >= 0.3 is 0 Å².